The fourth-order valence-electron chi connectivity index (χ4n) is 6.29. The maximum atomic E-state index is 5.10. The van der Waals surface area contributed by atoms with Crippen molar-refractivity contribution in [1.29, 1.82) is 0 Å². The fraction of sp³-hybridized carbons (Fsp3) is 0. The van der Waals surface area contributed by atoms with Crippen LogP contribution < -0.4 is 0 Å². The van der Waals surface area contributed by atoms with Gasteiger partial charge in [-0.2, -0.15) is 0 Å². The van der Waals surface area contributed by atoms with Crippen molar-refractivity contribution < 1.29 is 0 Å². The van der Waals surface area contributed by atoms with Gasteiger partial charge in [-0.15, -0.1) is 0 Å². The molecule has 4 aromatic heterocycles. The van der Waals surface area contributed by atoms with Gasteiger partial charge in [-0.05, 0) is 53.6 Å². The summed E-state index contributed by atoms with van der Waals surface area (Å²) in [6.07, 6.45) is 1.79. The third-order valence-corrected chi connectivity index (χ3v) is 8.95. The van der Waals surface area contributed by atoms with Gasteiger partial charge in [0, 0.05) is 39.2 Å². The second kappa shape index (κ2) is 12.6. The van der Waals surface area contributed by atoms with E-state index < -0.39 is 0 Å². The summed E-state index contributed by atoms with van der Waals surface area (Å²) in [6, 6.07) is 58.0. The van der Waals surface area contributed by atoms with Crippen molar-refractivity contribution in [2.75, 3.05) is 0 Å². The lowest BCUT2D eigenvalue weighted by atomic mass is 10.00. The van der Waals surface area contributed by atoms with Crippen LogP contribution in [0.3, 0.4) is 0 Å². The van der Waals surface area contributed by atoms with Gasteiger partial charge in [-0.25, -0.2) is 19.9 Å². The first-order valence-corrected chi connectivity index (χ1v) is 16.6. The Bertz CT molecular complexity index is 2560. The highest BCUT2D eigenvalue weighted by atomic mass is 14.9. The first kappa shape index (κ1) is 29.3. The van der Waals surface area contributed by atoms with Gasteiger partial charge < -0.3 is 0 Å². The largest absolute Gasteiger partial charge is 0.255 e. The Hall–Kier alpha value is -6.85. The van der Waals surface area contributed by atoms with Gasteiger partial charge in [0.2, 0.25) is 0 Å². The predicted molar refractivity (Wildman–Crippen MR) is 203 cm³/mol. The average Bonchev–Trinajstić information content (AvgIpc) is 3.21. The third kappa shape index (κ3) is 5.78. The Morgan fingerprint density at radius 3 is 1.48 bits per heavy atom. The van der Waals surface area contributed by atoms with E-state index in [4.69, 9.17) is 19.9 Å². The van der Waals surface area contributed by atoms with Crippen LogP contribution in [0.2, 0.25) is 0 Å². The first-order valence-electron chi connectivity index (χ1n) is 16.6. The highest BCUT2D eigenvalue weighted by Gasteiger charge is 2.12. The molecule has 0 amide bonds. The van der Waals surface area contributed by atoms with E-state index in [9.17, 15) is 0 Å². The topological polar surface area (TPSA) is 64.5 Å². The average molecular weight is 640 g/mol. The molecule has 0 atom stereocenters. The number of pyridine rings is 3. The molecule has 0 unspecified atom stereocenters. The Morgan fingerprint density at radius 1 is 0.280 bits per heavy atom. The predicted octanol–water partition coefficient (Wildman–Crippen LogP) is 11.0. The zero-order chi connectivity index (χ0) is 33.3. The van der Waals surface area contributed by atoms with Crippen LogP contribution in [0.25, 0.3) is 89.5 Å². The Morgan fingerprint density at radius 2 is 0.800 bits per heavy atom. The van der Waals surface area contributed by atoms with Gasteiger partial charge in [0.1, 0.15) is 0 Å². The Balaban J connectivity index is 1.04. The number of rotatable bonds is 6. The van der Waals surface area contributed by atoms with Crippen LogP contribution >= 0.6 is 0 Å². The molecular formula is C45H29N5. The standard InChI is InChI=1S/C45H29N5/c1-3-9-31(10-4-1)43-29-44(50-45(49-43)35-11-5-2-6-12-35)32-16-14-30(15-17-32)36-20-18-33-22-24-38(47-41(33)27-36)37-21-19-34-23-25-40(48-42(34)28-37)39-13-7-8-26-46-39/h1-29H. The van der Waals surface area contributed by atoms with Crippen molar-refractivity contribution in [3.8, 4) is 67.7 Å². The van der Waals surface area contributed by atoms with Gasteiger partial charge in [0.15, 0.2) is 5.82 Å². The van der Waals surface area contributed by atoms with Crippen molar-refractivity contribution >= 4 is 21.8 Å². The first-order chi connectivity index (χ1) is 24.7. The minimum absolute atomic E-state index is 0.707. The van der Waals surface area contributed by atoms with Crippen molar-refractivity contribution in [1.82, 2.24) is 24.9 Å². The Kier molecular flexibility index (Phi) is 7.41. The summed E-state index contributed by atoms with van der Waals surface area (Å²) in [6.45, 7) is 0. The molecule has 0 radical (unpaired) electrons. The van der Waals surface area contributed by atoms with E-state index in [0.717, 1.165) is 83.7 Å². The van der Waals surface area contributed by atoms with Crippen molar-refractivity contribution in [3.63, 3.8) is 0 Å². The summed E-state index contributed by atoms with van der Waals surface area (Å²) < 4.78 is 0. The molecule has 9 rings (SSSR count). The van der Waals surface area contributed by atoms with Crippen LogP contribution in [-0.4, -0.2) is 24.9 Å². The fourth-order valence-corrected chi connectivity index (χ4v) is 6.29. The molecule has 0 fully saturated rings. The highest BCUT2D eigenvalue weighted by Crippen LogP contribution is 2.31. The molecule has 4 heterocycles. The number of hydrogen-bond donors (Lipinski definition) is 0. The summed E-state index contributed by atoms with van der Waals surface area (Å²) >= 11 is 0. The lowest BCUT2D eigenvalue weighted by molar-refractivity contribution is 1.18. The number of hydrogen-bond acceptors (Lipinski definition) is 5. The molecule has 5 aromatic carbocycles. The van der Waals surface area contributed by atoms with Crippen LogP contribution in [0.15, 0.2) is 176 Å². The zero-order valence-corrected chi connectivity index (χ0v) is 27.0. The summed E-state index contributed by atoms with van der Waals surface area (Å²) in [4.78, 5) is 24.4. The molecule has 5 heteroatoms. The van der Waals surface area contributed by atoms with Gasteiger partial charge in [-0.1, -0.05) is 127 Å². The van der Waals surface area contributed by atoms with E-state index in [0.29, 0.717) is 5.82 Å². The van der Waals surface area contributed by atoms with Crippen LogP contribution in [-0.2, 0) is 0 Å². The van der Waals surface area contributed by atoms with Gasteiger partial charge in [0.25, 0.3) is 0 Å². The monoisotopic (exact) mass is 639 g/mol. The van der Waals surface area contributed by atoms with E-state index >= 15 is 0 Å². The van der Waals surface area contributed by atoms with Crippen LogP contribution in [0, 0.1) is 0 Å². The van der Waals surface area contributed by atoms with E-state index in [1.165, 1.54) is 0 Å². The van der Waals surface area contributed by atoms with Crippen molar-refractivity contribution in [2.24, 2.45) is 0 Å². The molecule has 0 N–H and O–H groups in total. The minimum atomic E-state index is 0.707. The summed E-state index contributed by atoms with van der Waals surface area (Å²) in [7, 11) is 0. The second-order valence-corrected chi connectivity index (χ2v) is 12.2. The molecule has 0 saturated heterocycles. The van der Waals surface area contributed by atoms with E-state index in [1.54, 1.807) is 6.20 Å². The van der Waals surface area contributed by atoms with Crippen LogP contribution in [0.4, 0.5) is 0 Å². The maximum absolute atomic E-state index is 5.10. The summed E-state index contributed by atoms with van der Waals surface area (Å²) in [5.74, 6) is 0.707. The second-order valence-electron chi connectivity index (χ2n) is 12.2. The van der Waals surface area contributed by atoms with Crippen molar-refractivity contribution in [3.05, 3.63) is 176 Å². The van der Waals surface area contributed by atoms with Crippen molar-refractivity contribution in [2.45, 2.75) is 0 Å². The number of benzene rings is 5. The third-order valence-electron chi connectivity index (χ3n) is 8.95. The van der Waals surface area contributed by atoms with E-state index in [-0.39, 0.29) is 0 Å². The number of fused-ring (bicyclic) bond motifs is 2. The van der Waals surface area contributed by atoms with Gasteiger partial charge in [-0.3, -0.25) is 4.98 Å². The molecule has 5 nitrogen and oxygen atoms in total. The Labute approximate surface area is 289 Å². The lowest BCUT2D eigenvalue weighted by Gasteiger charge is -2.10. The lowest BCUT2D eigenvalue weighted by Crippen LogP contribution is -1.95. The van der Waals surface area contributed by atoms with Gasteiger partial charge >= 0.3 is 0 Å². The number of nitrogens with zero attached hydrogens (tertiary/aromatic N) is 5. The minimum Gasteiger partial charge on any atom is -0.255 e. The summed E-state index contributed by atoms with van der Waals surface area (Å²) in [5.41, 5.74) is 12.6. The molecule has 0 saturated carbocycles. The SMILES string of the molecule is c1ccc(-c2cc(-c3ccc(-c4ccc5ccc(-c6ccc7ccc(-c8ccccn8)nc7c6)nc5c4)cc3)nc(-c3ccccc3)n2)cc1. The molecule has 0 aliphatic heterocycles. The van der Waals surface area contributed by atoms with E-state index in [2.05, 4.69) is 102 Å². The van der Waals surface area contributed by atoms with Gasteiger partial charge in [0.05, 0.1) is 39.5 Å². The number of aromatic nitrogens is 5. The van der Waals surface area contributed by atoms with E-state index in [1.807, 2.05) is 72.8 Å². The van der Waals surface area contributed by atoms with Crippen LogP contribution in [0.1, 0.15) is 0 Å². The maximum Gasteiger partial charge on any atom is 0.160 e. The zero-order valence-electron chi connectivity index (χ0n) is 27.0. The molecule has 50 heavy (non-hydrogen) atoms. The molecule has 0 aliphatic rings. The smallest absolute Gasteiger partial charge is 0.160 e. The molecule has 9 aromatic rings. The molecule has 0 bridgehead atoms. The molecule has 0 aliphatic carbocycles. The molecule has 234 valence electrons. The summed E-state index contributed by atoms with van der Waals surface area (Å²) in [5, 5.41) is 2.17. The normalized spacial score (nSPS) is 11.2. The molecule has 0 spiro atoms. The molecular weight excluding hydrogens is 611 g/mol. The highest BCUT2D eigenvalue weighted by molar-refractivity contribution is 5.89. The quantitative estimate of drug-likeness (QED) is 0.181. The van der Waals surface area contributed by atoms with Crippen LogP contribution in [0.5, 0.6) is 0 Å².